The average molecular weight is 247 g/mol. The summed E-state index contributed by atoms with van der Waals surface area (Å²) < 4.78 is 1.92. The predicted molar refractivity (Wildman–Crippen MR) is 71.3 cm³/mol. The van der Waals surface area contributed by atoms with Crippen molar-refractivity contribution in [1.29, 1.82) is 0 Å². The molecule has 2 aromatic rings. The van der Waals surface area contributed by atoms with Gasteiger partial charge in [-0.3, -0.25) is 4.68 Å². The first-order valence-electron chi connectivity index (χ1n) is 5.61. The summed E-state index contributed by atoms with van der Waals surface area (Å²) in [5, 5.41) is 8.65. The summed E-state index contributed by atoms with van der Waals surface area (Å²) >= 11 is 1.74. The summed E-state index contributed by atoms with van der Waals surface area (Å²) in [4.78, 5) is 1.24. The molecule has 1 heterocycles. The zero-order valence-corrected chi connectivity index (χ0v) is 11.2. The third-order valence-electron chi connectivity index (χ3n) is 2.49. The molecule has 0 radical (unpaired) electrons. The Kier molecular flexibility index (Phi) is 3.86. The van der Waals surface area contributed by atoms with Gasteiger partial charge in [0.05, 0.1) is 10.7 Å². The summed E-state index contributed by atoms with van der Waals surface area (Å²) in [7, 11) is 3.94. The molecule has 2 rings (SSSR count). The van der Waals surface area contributed by atoms with Crippen LogP contribution in [-0.2, 0) is 13.6 Å². The smallest absolute Gasteiger partial charge is 0.0986 e. The Morgan fingerprint density at radius 2 is 2.00 bits per heavy atom. The maximum Gasteiger partial charge on any atom is 0.0986 e. The van der Waals surface area contributed by atoms with Crippen molar-refractivity contribution in [3.8, 4) is 0 Å². The number of hydrogen-bond donors (Lipinski definition) is 1. The molecule has 0 atom stereocenters. The van der Waals surface area contributed by atoms with Crippen molar-refractivity contribution in [2.24, 2.45) is 7.05 Å². The Morgan fingerprint density at radius 1 is 1.29 bits per heavy atom. The molecule has 1 N–H and O–H groups in total. The predicted octanol–water partition coefficient (Wildman–Crippen LogP) is 2.60. The summed E-state index contributed by atoms with van der Waals surface area (Å²) in [5.41, 5.74) is 2.36. The average Bonchev–Trinajstić information content (AvgIpc) is 2.61. The fourth-order valence-electron chi connectivity index (χ4n) is 1.68. The number of aromatic nitrogens is 2. The molecule has 4 heteroatoms. The number of benzene rings is 1. The lowest BCUT2D eigenvalue weighted by atomic mass is 10.2. The maximum atomic E-state index is 4.34. The number of nitrogens with one attached hydrogen (secondary N) is 1. The van der Waals surface area contributed by atoms with Crippen molar-refractivity contribution >= 4 is 11.8 Å². The molecule has 0 saturated carbocycles. The first-order chi connectivity index (χ1) is 8.19. The summed E-state index contributed by atoms with van der Waals surface area (Å²) in [5.74, 6) is 0. The number of rotatable bonds is 4. The van der Waals surface area contributed by atoms with Crippen molar-refractivity contribution in [2.45, 2.75) is 23.4 Å². The van der Waals surface area contributed by atoms with Crippen molar-refractivity contribution in [2.75, 3.05) is 7.05 Å². The van der Waals surface area contributed by atoms with Crippen LogP contribution in [-0.4, -0.2) is 16.8 Å². The van der Waals surface area contributed by atoms with E-state index in [1.165, 1.54) is 15.5 Å². The van der Waals surface area contributed by atoms with Crippen molar-refractivity contribution in [3.63, 3.8) is 0 Å². The van der Waals surface area contributed by atoms with E-state index in [4.69, 9.17) is 0 Å². The van der Waals surface area contributed by atoms with Crippen LogP contribution in [0.2, 0.25) is 0 Å². The van der Waals surface area contributed by atoms with Crippen LogP contribution >= 0.6 is 11.8 Å². The van der Waals surface area contributed by atoms with Crippen LogP contribution in [0.15, 0.2) is 40.3 Å². The van der Waals surface area contributed by atoms with E-state index in [0.717, 1.165) is 12.2 Å². The second-order valence-corrected chi connectivity index (χ2v) is 5.12. The highest BCUT2D eigenvalue weighted by Gasteiger charge is 2.04. The zero-order chi connectivity index (χ0) is 12.3. The highest BCUT2D eigenvalue weighted by atomic mass is 32.2. The van der Waals surface area contributed by atoms with Gasteiger partial charge in [0.1, 0.15) is 0 Å². The largest absolute Gasteiger partial charge is 0.316 e. The second-order valence-electron chi connectivity index (χ2n) is 4.02. The molecule has 90 valence electrons. The normalized spacial score (nSPS) is 10.8. The minimum absolute atomic E-state index is 0.912. The SMILES string of the molecule is CNCc1ccc(Sc2cc(C)nn2C)cc1. The molecule has 17 heavy (non-hydrogen) atoms. The van der Waals surface area contributed by atoms with Gasteiger partial charge in [0, 0.05) is 18.5 Å². The van der Waals surface area contributed by atoms with Crippen LogP contribution in [0.25, 0.3) is 0 Å². The third kappa shape index (κ3) is 3.11. The van der Waals surface area contributed by atoms with E-state index >= 15 is 0 Å². The highest BCUT2D eigenvalue weighted by molar-refractivity contribution is 7.99. The molecule has 0 aliphatic rings. The molecule has 0 spiro atoms. The van der Waals surface area contributed by atoms with Gasteiger partial charge in [-0.2, -0.15) is 5.10 Å². The molecule has 0 saturated heterocycles. The topological polar surface area (TPSA) is 29.9 Å². The van der Waals surface area contributed by atoms with Gasteiger partial charge in [-0.15, -0.1) is 0 Å². The van der Waals surface area contributed by atoms with Gasteiger partial charge in [0.15, 0.2) is 0 Å². The second kappa shape index (κ2) is 5.38. The van der Waals surface area contributed by atoms with Gasteiger partial charge in [0.2, 0.25) is 0 Å². The van der Waals surface area contributed by atoms with Gasteiger partial charge in [-0.1, -0.05) is 23.9 Å². The summed E-state index contributed by atoms with van der Waals surface area (Å²) in [6.45, 7) is 2.93. The Morgan fingerprint density at radius 3 is 2.53 bits per heavy atom. The lowest BCUT2D eigenvalue weighted by molar-refractivity contribution is 0.692. The monoisotopic (exact) mass is 247 g/mol. The van der Waals surface area contributed by atoms with Crippen LogP contribution in [0.1, 0.15) is 11.3 Å². The maximum absolute atomic E-state index is 4.34. The van der Waals surface area contributed by atoms with E-state index in [1.807, 2.05) is 25.7 Å². The van der Waals surface area contributed by atoms with E-state index in [9.17, 15) is 0 Å². The minimum Gasteiger partial charge on any atom is -0.316 e. The number of hydrogen-bond acceptors (Lipinski definition) is 3. The summed E-state index contributed by atoms with van der Waals surface area (Å²) in [6, 6.07) is 10.7. The quantitative estimate of drug-likeness (QED) is 0.900. The molecule has 0 bridgehead atoms. The van der Waals surface area contributed by atoms with Crippen molar-refractivity contribution in [1.82, 2.24) is 15.1 Å². The van der Waals surface area contributed by atoms with E-state index in [-0.39, 0.29) is 0 Å². The van der Waals surface area contributed by atoms with Crippen molar-refractivity contribution < 1.29 is 0 Å². The van der Waals surface area contributed by atoms with E-state index in [0.29, 0.717) is 0 Å². The molecule has 0 amide bonds. The zero-order valence-electron chi connectivity index (χ0n) is 10.4. The van der Waals surface area contributed by atoms with Gasteiger partial charge >= 0.3 is 0 Å². The van der Waals surface area contributed by atoms with Crippen LogP contribution in [0.5, 0.6) is 0 Å². The lowest BCUT2D eigenvalue weighted by Gasteiger charge is -2.03. The van der Waals surface area contributed by atoms with Crippen LogP contribution in [0, 0.1) is 6.92 Å². The first-order valence-corrected chi connectivity index (χ1v) is 6.42. The minimum atomic E-state index is 0.912. The van der Waals surface area contributed by atoms with Crippen molar-refractivity contribution in [3.05, 3.63) is 41.6 Å². The Hall–Kier alpha value is -1.26. The molecule has 1 aromatic carbocycles. The van der Waals surface area contributed by atoms with Crippen LogP contribution in [0.4, 0.5) is 0 Å². The molecule has 1 aromatic heterocycles. The lowest BCUT2D eigenvalue weighted by Crippen LogP contribution is -2.04. The molecule has 0 aliphatic carbocycles. The van der Waals surface area contributed by atoms with Gasteiger partial charge in [0.25, 0.3) is 0 Å². The van der Waals surface area contributed by atoms with Gasteiger partial charge in [-0.25, -0.2) is 0 Å². The van der Waals surface area contributed by atoms with Gasteiger partial charge < -0.3 is 5.32 Å². The Balaban J connectivity index is 2.11. The Bertz CT molecular complexity index is 488. The van der Waals surface area contributed by atoms with Gasteiger partial charge in [-0.05, 0) is 37.7 Å². The molecular weight excluding hydrogens is 230 g/mol. The molecule has 0 aliphatic heterocycles. The van der Waals surface area contributed by atoms with Crippen LogP contribution in [0.3, 0.4) is 0 Å². The Labute approximate surface area is 106 Å². The fraction of sp³-hybridized carbons (Fsp3) is 0.308. The van der Waals surface area contributed by atoms with E-state index in [2.05, 4.69) is 40.7 Å². The van der Waals surface area contributed by atoms with Crippen LogP contribution < -0.4 is 5.32 Å². The first kappa shape index (κ1) is 12.2. The number of nitrogens with zero attached hydrogens (tertiary/aromatic N) is 2. The number of aryl methyl sites for hydroxylation is 2. The molecular formula is C13H17N3S. The van der Waals surface area contributed by atoms with E-state index < -0.39 is 0 Å². The highest BCUT2D eigenvalue weighted by Crippen LogP contribution is 2.27. The standard InChI is InChI=1S/C13H17N3S/c1-10-8-13(16(3)15-10)17-12-6-4-11(5-7-12)9-14-2/h4-8,14H,9H2,1-3H3. The molecule has 0 unspecified atom stereocenters. The third-order valence-corrected chi connectivity index (χ3v) is 3.58. The molecule has 3 nitrogen and oxygen atoms in total. The molecule has 0 fully saturated rings. The summed E-state index contributed by atoms with van der Waals surface area (Å²) in [6.07, 6.45) is 0. The van der Waals surface area contributed by atoms with E-state index in [1.54, 1.807) is 11.8 Å². The fourth-order valence-corrected chi connectivity index (χ4v) is 2.60.